The number of thioether (sulfide) groups is 1. The number of morpholine rings is 1. The molecular formula is C17H21N5O4S2. The van der Waals surface area contributed by atoms with Crippen LogP contribution in [0.2, 0.25) is 0 Å². The number of benzene rings is 1. The number of aromatic nitrogens is 2. The van der Waals surface area contributed by atoms with Crippen molar-refractivity contribution in [2.45, 2.75) is 23.5 Å². The van der Waals surface area contributed by atoms with E-state index < -0.39 is 10.0 Å². The fourth-order valence-electron chi connectivity index (χ4n) is 2.92. The highest BCUT2D eigenvalue weighted by molar-refractivity contribution is 7.99. The summed E-state index contributed by atoms with van der Waals surface area (Å²) in [7, 11) is -3.60. The summed E-state index contributed by atoms with van der Waals surface area (Å²) in [6, 6.07) is 6.77. The van der Waals surface area contributed by atoms with Gasteiger partial charge < -0.3 is 14.6 Å². The Hall–Kier alpha value is -2.13. The minimum Gasteiger partial charge on any atom is -0.379 e. The second-order valence-electron chi connectivity index (χ2n) is 6.03. The number of nitriles is 1. The molecule has 1 fully saturated rings. The lowest BCUT2D eigenvalue weighted by Gasteiger charge is -2.26. The Balaban J connectivity index is 1.86. The van der Waals surface area contributed by atoms with Crippen LogP contribution in [0.15, 0.2) is 28.3 Å². The van der Waals surface area contributed by atoms with Crippen molar-refractivity contribution in [3.05, 3.63) is 18.2 Å². The number of nitrogens with zero attached hydrogens (tertiary/aromatic N) is 4. The zero-order valence-corrected chi connectivity index (χ0v) is 17.1. The largest absolute Gasteiger partial charge is 0.379 e. The van der Waals surface area contributed by atoms with Gasteiger partial charge in [-0.1, -0.05) is 11.8 Å². The molecule has 0 radical (unpaired) electrons. The summed E-state index contributed by atoms with van der Waals surface area (Å²) in [6.07, 6.45) is 0. The Labute approximate surface area is 167 Å². The summed E-state index contributed by atoms with van der Waals surface area (Å²) in [5, 5.41) is 11.6. The Bertz CT molecular complexity index is 1010. The van der Waals surface area contributed by atoms with E-state index in [4.69, 9.17) is 10.00 Å². The van der Waals surface area contributed by atoms with Gasteiger partial charge in [-0.2, -0.15) is 9.57 Å². The van der Waals surface area contributed by atoms with E-state index in [0.717, 1.165) is 5.52 Å². The number of hydrogen-bond donors (Lipinski definition) is 1. The third kappa shape index (κ3) is 4.30. The van der Waals surface area contributed by atoms with Crippen molar-refractivity contribution in [1.29, 1.82) is 5.26 Å². The van der Waals surface area contributed by atoms with Gasteiger partial charge in [-0.15, -0.1) is 0 Å². The topological polar surface area (TPSA) is 117 Å². The van der Waals surface area contributed by atoms with Crippen LogP contribution in [-0.2, 0) is 26.1 Å². The van der Waals surface area contributed by atoms with E-state index in [2.05, 4.69) is 10.3 Å². The molecule has 11 heteroatoms. The molecule has 0 spiro atoms. The number of carbonyl (C=O) groups is 1. The molecule has 9 nitrogen and oxygen atoms in total. The monoisotopic (exact) mass is 423 g/mol. The molecule has 1 saturated heterocycles. The van der Waals surface area contributed by atoms with Crippen molar-refractivity contribution >= 4 is 38.7 Å². The summed E-state index contributed by atoms with van der Waals surface area (Å²) in [5.74, 6) is -0.124. The minimum absolute atomic E-state index is 0.0354. The predicted molar refractivity (Wildman–Crippen MR) is 104 cm³/mol. The normalized spacial score (nSPS) is 15.4. The predicted octanol–water partition coefficient (Wildman–Crippen LogP) is 0.809. The van der Waals surface area contributed by atoms with Gasteiger partial charge in [0.2, 0.25) is 15.9 Å². The first-order valence-corrected chi connectivity index (χ1v) is 11.2. The summed E-state index contributed by atoms with van der Waals surface area (Å²) in [6.45, 7) is 4.01. The summed E-state index contributed by atoms with van der Waals surface area (Å²) in [5.41, 5.74) is 1.37. The van der Waals surface area contributed by atoms with Gasteiger partial charge in [-0.3, -0.25) is 4.79 Å². The Kier molecular flexibility index (Phi) is 6.56. The number of fused-ring (bicyclic) bond motifs is 1. The second kappa shape index (κ2) is 8.91. The molecule has 0 atom stereocenters. The summed E-state index contributed by atoms with van der Waals surface area (Å²) >= 11 is 1.25. The molecule has 3 rings (SSSR count). The molecule has 150 valence electrons. The average molecular weight is 424 g/mol. The molecule has 1 aliphatic heterocycles. The highest BCUT2D eigenvalue weighted by Crippen LogP contribution is 2.27. The molecule has 0 bridgehead atoms. The number of hydrogen-bond acceptors (Lipinski definition) is 7. The van der Waals surface area contributed by atoms with Crippen molar-refractivity contribution in [1.82, 2.24) is 19.2 Å². The molecule has 0 aliphatic carbocycles. The fourth-order valence-corrected chi connectivity index (χ4v) is 5.26. The molecule has 28 heavy (non-hydrogen) atoms. The third-order valence-electron chi connectivity index (χ3n) is 4.31. The van der Waals surface area contributed by atoms with Crippen molar-refractivity contribution < 1.29 is 17.9 Å². The minimum atomic E-state index is -3.60. The lowest BCUT2D eigenvalue weighted by atomic mass is 10.3. The van der Waals surface area contributed by atoms with E-state index in [0.29, 0.717) is 43.5 Å². The molecule has 0 unspecified atom stereocenters. The van der Waals surface area contributed by atoms with E-state index in [-0.39, 0.29) is 23.1 Å². The molecule has 1 aliphatic rings. The Morgan fingerprint density at radius 3 is 2.82 bits per heavy atom. The number of amides is 1. The van der Waals surface area contributed by atoms with Crippen LogP contribution in [0, 0.1) is 11.3 Å². The summed E-state index contributed by atoms with van der Waals surface area (Å²) in [4.78, 5) is 16.5. The average Bonchev–Trinajstić information content (AvgIpc) is 3.08. The van der Waals surface area contributed by atoms with Crippen molar-refractivity contribution in [2.75, 3.05) is 38.6 Å². The van der Waals surface area contributed by atoms with E-state index >= 15 is 0 Å². The lowest BCUT2D eigenvalue weighted by molar-refractivity contribution is -0.118. The van der Waals surface area contributed by atoms with Crippen LogP contribution in [0.5, 0.6) is 0 Å². The quantitative estimate of drug-likeness (QED) is 0.517. The number of aryl methyl sites for hydroxylation is 1. The zero-order valence-electron chi connectivity index (χ0n) is 15.4. The van der Waals surface area contributed by atoms with Crippen molar-refractivity contribution in [3.63, 3.8) is 0 Å². The number of ether oxygens (including phenoxy) is 1. The molecule has 1 amide bonds. The van der Waals surface area contributed by atoms with E-state index in [1.165, 1.54) is 16.1 Å². The maximum atomic E-state index is 12.9. The van der Waals surface area contributed by atoms with Gasteiger partial charge in [0, 0.05) is 19.6 Å². The number of sulfonamides is 1. The van der Waals surface area contributed by atoms with Gasteiger partial charge in [0.25, 0.3) is 0 Å². The first-order valence-electron chi connectivity index (χ1n) is 8.82. The molecular weight excluding hydrogens is 402 g/mol. The maximum Gasteiger partial charge on any atom is 0.243 e. The smallest absolute Gasteiger partial charge is 0.243 e. The molecule has 0 saturated carbocycles. The van der Waals surface area contributed by atoms with Crippen LogP contribution in [0.25, 0.3) is 11.0 Å². The molecule has 1 N–H and O–H groups in total. The third-order valence-corrected chi connectivity index (χ3v) is 7.18. The van der Waals surface area contributed by atoms with Crippen LogP contribution < -0.4 is 5.32 Å². The maximum absolute atomic E-state index is 12.9. The second-order valence-corrected chi connectivity index (χ2v) is 8.91. The fraction of sp³-hybridized carbons (Fsp3) is 0.471. The lowest BCUT2D eigenvalue weighted by Crippen LogP contribution is -2.40. The number of imidazole rings is 1. The van der Waals surface area contributed by atoms with E-state index in [1.807, 2.05) is 17.6 Å². The van der Waals surface area contributed by atoms with Gasteiger partial charge >= 0.3 is 0 Å². The number of rotatable bonds is 7. The Morgan fingerprint density at radius 2 is 2.14 bits per heavy atom. The zero-order chi connectivity index (χ0) is 20.1. The van der Waals surface area contributed by atoms with Gasteiger partial charge in [0.1, 0.15) is 6.54 Å². The molecule has 1 aromatic heterocycles. The standard InChI is InChI=1S/C17H21N5O4S2/c1-2-22-15-4-3-13(28(24,25)21-7-9-26-10-8-21)11-14(15)20-17(22)27-12-16(23)19-6-5-18/h3-4,11H,2,6-10,12H2,1H3,(H,19,23). The van der Waals surface area contributed by atoms with Crippen LogP contribution in [0.3, 0.4) is 0 Å². The van der Waals surface area contributed by atoms with Crippen LogP contribution in [0.1, 0.15) is 6.92 Å². The van der Waals surface area contributed by atoms with Crippen LogP contribution >= 0.6 is 11.8 Å². The van der Waals surface area contributed by atoms with Crippen molar-refractivity contribution in [3.8, 4) is 6.07 Å². The number of carbonyl (C=O) groups excluding carboxylic acids is 1. The summed E-state index contributed by atoms with van der Waals surface area (Å²) < 4.78 is 34.3. The van der Waals surface area contributed by atoms with E-state index in [1.54, 1.807) is 18.2 Å². The first kappa shape index (κ1) is 20.6. The van der Waals surface area contributed by atoms with Crippen LogP contribution in [0.4, 0.5) is 0 Å². The highest BCUT2D eigenvalue weighted by atomic mass is 32.2. The SMILES string of the molecule is CCn1c(SCC(=O)NCC#N)nc2cc(S(=O)(=O)N3CCOCC3)ccc21. The van der Waals surface area contributed by atoms with Crippen LogP contribution in [-0.4, -0.2) is 66.8 Å². The highest BCUT2D eigenvalue weighted by Gasteiger charge is 2.27. The van der Waals surface area contributed by atoms with E-state index in [9.17, 15) is 13.2 Å². The number of nitrogens with one attached hydrogen (secondary N) is 1. The van der Waals surface area contributed by atoms with Crippen molar-refractivity contribution in [2.24, 2.45) is 0 Å². The molecule has 1 aromatic carbocycles. The molecule has 2 heterocycles. The first-order chi connectivity index (χ1) is 13.5. The molecule has 2 aromatic rings. The van der Waals surface area contributed by atoms with Gasteiger partial charge in [0.15, 0.2) is 5.16 Å². The van der Waals surface area contributed by atoms with Gasteiger partial charge in [-0.25, -0.2) is 13.4 Å². The Morgan fingerprint density at radius 1 is 1.39 bits per heavy atom. The van der Waals surface area contributed by atoms with Gasteiger partial charge in [0.05, 0.1) is 41.0 Å². The van der Waals surface area contributed by atoms with Gasteiger partial charge in [-0.05, 0) is 25.1 Å².